The van der Waals surface area contributed by atoms with Crippen LogP contribution in [0.3, 0.4) is 0 Å². The minimum absolute atomic E-state index is 0.0532. The van der Waals surface area contributed by atoms with Crippen LogP contribution in [0.25, 0.3) is 0 Å². The van der Waals surface area contributed by atoms with Gasteiger partial charge in [-0.1, -0.05) is 0 Å². The molecule has 0 saturated carbocycles. The minimum atomic E-state index is -0.398. The van der Waals surface area contributed by atoms with Gasteiger partial charge in [-0.2, -0.15) is 10.1 Å². The Morgan fingerprint density at radius 3 is 2.79 bits per heavy atom. The quantitative estimate of drug-likeness (QED) is 0.717. The molecule has 0 spiro atoms. The number of rotatable bonds is 2. The lowest BCUT2D eigenvalue weighted by Gasteiger charge is -2.32. The zero-order chi connectivity index (χ0) is 14.0. The molecule has 1 aromatic heterocycles. The van der Waals surface area contributed by atoms with E-state index >= 15 is 0 Å². The Morgan fingerprint density at radius 2 is 2.26 bits per heavy atom. The largest absolute Gasteiger partial charge is 0.336 e. The van der Waals surface area contributed by atoms with Crippen molar-refractivity contribution < 1.29 is 9.59 Å². The number of urea groups is 1. The van der Waals surface area contributed by atoms with Crippen LogP contribution in [-0.2, 0) is 4.79 Å². The van der Waals surface area contributed by atoms with Gasteiger partial charge in [0.25, 0.3) is 0 Å². The smallest absolute Gasteiger partial charge is 0.321 e. The number of carbonyl (C=O) groups is 2. The van der Waals surface area contributed by atoms with E-state index in [1.807, 2.05) is 20.8 Å². The van der Waals surface area contributed by atoms with Crippen LogP contribution in [0.5, 0.6) is 0 Å². The summed E-state index contributed by atoms with van der Waals surface area (Å²) in [6.07, 6.45) is 1.62. The summed E-state index contributed by atoms with van der Waals surface area (Å²) in [6.45, 7) is 6.44. The lowest BCUT2D eigenvalue weighted by atomic mass is 10.1. The Balaban J connectivity index is 1.88. The molecule has 0 aliphatic carbocycles. The summed E-state index contributed by atoms with van der Waals surface area (Å²) < 4.78 is 0. The predicted octanol–water partition coefficient (Wildman–Crippen LogP) is 0.326. The molecule has 0 bridgehead atoms. The molecule has 1 fully saturated rings. The number of aromatic nitrogens is 3. The third-order valence-corrected chi connectivity index (χ3v) is 2.92. The van der Waals surface area contributed by atoms with Crippen molar-refractivity contribution in [3.63, 3.8) is 0 Å². The summed E-state index contributed by atoms with van der Waals surface area (Å²) in [5.41, 5.74) is -0.227. The lowest BCUT2D eigenvalue weighted by Crippen LogP contribution is -2.45. The highest BCUT2D eigenvalue weighted by molar-refractivity contribution is 5.88. The fourth-order valence-electron chi connectivity index (χ4n) is 2.05. The Bertz CT molecular complexity index is 464. The highest BCUT2D eigenvalue weighted by Gasteiger charge is 2.36. The highest BCUT2D eigenvalue weighted by atomic mass is 16.2. The van der Waals surface area contributed by atoms with Crippen molar-refractivity contribution in [1.82, 2.24) is 25.4 Å². The number of nitrogens with one attached hydrogen (secondary N) is 3. The number of amides is 3. The minimum Gasteiger partial charge on any atom is -0.336 e. The lowest BCUT2D eigenvalue weighted by molar-refractivity contribution is -0.131. The molecule has 8 nitrogen and oxygen atoms in total. The molecular formula is C11H18N6O2. The second-order valence-electron chi connectivity index (χ2n) is 5.51. The molecule has 1 atom stereocenters. The molecule has 1 saturated heterocycles. The van der Waals surface area contributed by atoms with E-state index in [1.165, 1.54) is 6.33 Å². The Kier molecular flexibility index (Phi) is 3.41. The van der Waals surface area contributed by atoms with Gasteiger partial charge in [-0.05, 0) is 20.8 Å². The van der Waals surface area contributed by atoms with Crippen molar-refractivity contribution in [3.05, 3.63) is 6.33 Å². The Hall–Kier alpha value is -2.12. The second kappa shape index (κ2) is 4.87. The van der Waals surface area contributed by atoms with Gasteiger partial charge >= 0.3 is 6.03 Å². The summed E-state index contributed by atoms with van der Waals surface area (Å²) in [6, 6.07) is -0.583. The number of hydrogen-bond donors (Lipinski definition) is 3. The first-order valence-electron chi connectivity index (χ1n) is 6.09. The highest BCUT2D eigenvalue weighted by Crippen LogP contribution is 2.21. The number of anilines is 1. The molecular weight excluding hydrogens is 248 g/mol. The number of hydrogen-bond acceptors (Lipinski definition) is 4. The molecule has 104 valence electrons. The molecule has 1 aliphatic rings. The molecule has 3 amide bonds. The monoisotopic (exact) mass is 266 g/mol. The van der Waals surface area contributed by atoms with Gasteiger partial charge < -0.3 is 10.2 Å². The van der Waals surface area contributed by atoms with Crippen LogP contribution in [0.1, 0.15) is 27.2 Å². The summed E-state index contributed by atoms with van der Waals surface area (Å²) >= 11 is 0. The van der Waals surface area contributed by atoms with Crippen LogP contribution >= 0.6 is 0 Å². The van der Waals surface area contributed by atoms with E-state index in [0.717, 1.165) is 0 Å². The van der Waals surface area contributed by atoms with Crippen molar-refractivity contribution in [2.45, 2.75) is 38.8 Å². The maximum Gasteiger partial charge on any atom is 0.321 e. The number of nitrogens with zero attached hydrogens (tertiary/aromatic N) is 3. The second-order valence-corrected chi connectivity index (χ2v) is 5.51. The van der Waals surface area contributed by atoms with Gasteiger partial charge in [0.2, 0.25) is 11.9 Å². The topological polar surface area (TPSA) is 103 Å². The van der Waals surface area contributed by atoms with Gasteiger partial charge in [0.15, 0.2) is 0 Å². The first-order valence-corrected chi connectivity index (χ1v) is 6.09. The average Bonchev–Trinajstić information content (AvgIpc) is 2.87. The summed E-state index contributed by atoms with van der Waals surface area (Å²) in [5, 5.41) is 11.4. The van der Waals surface area contributed by atoms with Crippen LogP contribution in [0, 0.1) is 0 Å². The predicted molar refractivity (Wildman–Crippen MR) is 68.4 cm³/mol. The number of aromatic amines is 1. The summed E-state index contributed by atoms with van der Waals surface area (Å²) in [4.78, 5) is 29.1. The molecule has 1 aliphatic heterocycles. The van der Waals surface area contributed by atoms with Crippen molar-refractivity contribution >= 4 is 17.9 Å². The first-order chi connectivity index (χ1) is 8.86. The number of H-pyrrole nitrogens is 1. The fraction of sp³-hybridized carbons (Fsp3) is 0.636. The van der Waals surface area contributed by atoms with Crippen LogP contribution in [0.15, 0.2) is 6.33 Å². The van der Waals surface area contributed by atoms with Crippen molar-refractivity contribution in [1.29, 1.82) is 0 Å². The molecule has 2 heterocycles. The zero-order valence-electron chi connectivity index (χ0n) is 11.2. The molecule has 0 aromatic carbocycles. The Morgan fingerprint density at radius 1 is 1.53 bits per heavy atom. The van der Waals surface area contributed by atoms with E-state index in [4.69, 9.17) is 0 Å². The summed E-state index contributed by atoms with van der Waals surface area (Å²) in [7, 11) is 0. The molecule has 8 heteroatoms. The van der Waals surface area contributed by atoms with Crippen LogP contribution in [-0.4, -0.2) is 50.1 Å². The van der Waals surface area contributed by atoms with Crippen LogP contribution in [0.2, 0.25) is 0 Å². The molecule has 2 rings (SSSR count). The molecule has 19 heavy (non-hydrogen) atoms. The SMILES string of the molecule is CC(C)(C)N1CC(NC(=O)Nc2ncn[nH]2)CC1=O. The summed E-state index contributed by atoms with van der Waals surface area (Å²) in [5.74, 6) is 0.326. The maximum atomic E-state index is 11.9. The van der Waals surface area contributed by atoms with Crippen LogP contribution in [0.4, 0.5) is 10.7 Å². The molecule has 3 N–H and O–H groups in total. The number of likely N-dealkylation sites (tertiary alicyclic amines) is 1. The van der Waals surface area contributed by atoms with E-state index in [1.54, 1.807) is 4.90 Å². The first kappa shape index (κ1) is 13.3. The van der Waals surface area contributed by atoms with Crippen molar-refractivity contribution in [2.75, 3.05) is 11.9 Å². The Labute approximate surface area is 111 Å². The standard InChI is InChI=1S/C11H18N6O2/c1-11(2,3)17-5-7(4-8(17)18)14-10(19)15-9-12-6-13-16-9/h6-7H,4-5H2,1-3H3,(H3,12,13,14,15,16,19). The van der Waals surface area contributed by atoms with Crippen molar-refractivity contribution in [3.8, 4) is 0 Å². The zero-order valence-corrected chi connectivity index (χ0v) is 11.2. The van der Waals surface area contributed by atoms with Gasteiger partial charge in [0.05, 0.1) is 6.04 Å². The van der Waals surface area contributed by atoms with Gasteiger partial charge in [-0.25, -0.2) is 9.89 Å². The van der Waals surface area contributed by atoms with Gasteiger partial charge in [-0.15, -0.1) is 0 Å². The normalized spacial score (nSPS) is 19.6. The third-order valence-electron chi connectivity index (χ3n) is 2.92. The maximum absolute atomic E-state index is 11.9. The van der Waals surface area contributed by atoms with Crippen molar-refractivity contribution in [2.24, 2.45) is 0 Å². The van der Waals surface area contributed by atoms with E-state index in [0.29, 0.717) is 13.0 Å². The fourth-order valence-corrected chi connectivity index (χ4v) is 2.05. The van der Waals surface area contributed by atoms with Crippen LogP contribution < -0.4 is 10.6 Å². The van der Waals surface area contributed by atoms with Gasteiger partial charge in [0.1, 0.15) is 6.33 Å². The molecule has 0 radical (unpaired) electrons. The third kappa shape index (κ3) is 3.21. The van der Waals surface area contributed by atoms with Gasteiger partial charge in [0, 0.05) is 18.5 Å². The average molecular weight is 266 g/mol. The molecule has 1 aromatic rings. The van der Waals surface area contributed by atoms with E-state index < -0.39 is 6.03 Å². The van der Waals surface area contributed by atoms with E-state index in [2.05, 4.69) is 25.8 Å². The van der Waals surface area contributed by atoms with E-state index in [9.17, 15) is 9.59 Å². The van der Waals surface area contributed by atoms with E-state index in [-0.39, 0.29) is 23.4 Å². The van der Waals surface area contributed by atoms with Gasteiger partial charge in [-0.3, -0.25) is 10.1 Å². The molecule has 1 unspecified atom stereocenters. The number of carbonyl (C=O) groups excluding carboxylic acids is 2.